The van der Waals surface area contributed by atoms with Gasteiger partial charge < -0.3 is 5.32 Å². The van der Waals surface area contributed by atoms with Gasteiger partial charge in [-0.2, -0.15) is 10.5 Å². The Balaban J connectivity index is 2.21. The molecule has 2 rings (SSSR count). The van der Waals surface area contributed by atoms with Crippen molar-refractivity contribution in [3.63, 3.8) is 0 Å². The van der Waals surface area contributed by atoms with E-state index < -0.39 is 11.4 Å². The van der Waals surface area contributed by atoms with Crippen LogP contribution in [0.5, 0.6) is 0 Å². The van der Waals surface area contributed by atoms with Crippen molar-refractivity contribution >= 4 is 5.69 Å². The Kier molecular flexibility index (Phi) is 2.50. The standard InChI is InChI=1S/C12H10FN3/c13-11-6-10(3-2-9(11)7-14)16-12(8-15)4-1-5-12/h2-3,6,16H,1,4-5H2. The van der Waals surface area contributed by atoms with Gasteiger partial charge >= 0.3 is 0 Å². The zero-order chi connectivity index (χ0) is 11.6. The van der Waals surface area contributed by atoms with E-state index in [4.69, 9.17) is 10.5 Å². The summed E-state index contributed by atoms with van der Waals surface area (Å²) in [6.45, 7) is 0. The summed E-state index contributed by atoms with van der Waals surface area (Å²) in [6, 6.07) is 8.27. The third-order valence-corrected chi connectivity index (χ3v) is 2.89. The minimum Gasteiger partial charge on any atom is -0.367 e. The van der Waals surface area contributed by atoms with Crippen molar-refractivity contribution in [2.24, 2.45) is 0 Å². The van der Waals surface area contributed by atoms with E-state index >= 15 is 0 Å². The summed E-state index contributed by atoms with van der Waals surface area (Å²) in [5, 5.41) is 20.6. The summed E-state index contributed by atoms with van der Waals surface area (Å²) in [5.74, 6) is -0.556. The van der Waals surface area contributed by atoms with Crippen molar-refractivity contribution in [2.75, 3.05) is 5.32 Å². The van der Waals surface area contributed by atoms with Crippen LogP contribution in [0.1, 0.15) is 24.8 Å². The van der Waals surface area contributed by atoms with E-state index in [9.17, 15) is 4.39 Å². The molecule has 4 heteroatoms. The second-order valence-electron chi connectivity index (χ2n) is 3.98. The van der Waals surface area contributed by atoms with E-state index in [0.717, 1.165) is 19.3 Å². The molecule has 0 aliphatic heterocycles. The highest BCUT2D eigenvalue weighted by Gasteiger charge is 2.37. The minimum absolute atomic E-state index is 0.0187. The molecule has 0 atom stereocenters. The third kappa shape index (κ3) is 1.70. The molecule has 16 heavy (non-hydrogen) atoms. The lowest BCUT2D eigenvalue weighted by molar-refractivity contribution is 0.356. The molecule has 0 heterocycles. The summed E-state index contributed by atoms with van der Waals surface area (Å²) in [4.78, 5) is 0. The number of halogens is 1. The Morgan fingerprint density at radius 1 is 1.31 bits per heavy atom. The van der Waals surface area contributed by atoms with E-state index in [1.165, 1.54) is 12.1 Å². The average Bonchev–Trinajstić information content (AvgIpc) is 2.24. The number of rotatable bonds is 2. The maximum Gasteiger partial charge on any atom is 0.143 e. The van der Waals surface area contributed by atoms with Crippen LogP contribution < -0.4 is 5.32 Å². The molecule has 0 spiro atoms. The number of nitrogens with one attached hydrogen (secondary N) is 1. The van der Waals surface area contributed by atoms with Gasteiger partial charge in [-0.15, -0.1) is 0 Å². The number of anilines is 1. The van der Waals surface area contributed by atoms with Crippen LogP contribution >= 0.6 is 0 Å². The van der Waals surface area contributed by atoms with Crippen LogP contribution in [0.3, 0.4) is 0 Å². The van der Waals surface area contributed by atoms with Gasteiger partial charge in [-0.3, -0.25) is 0 Å². The van der Waals surface area contributed by atoms with Crippen LogP contribution in [0, 0.1) is 28.5 Å². The molecule has 80 valence electrons. The molecule has 1 N–H and O–H groups in total. The fraction of sp³-hybridized carbons (Fsp3) is 0.333. The topological polar surface area (TPSA) is 59.6 Å². The number of benzene rings is 1. The van der Waals surface area contributed by atoms with E-state index in [0.29, 0.717) is 5.69 Å². The molecule has 1 aromatic rings. The van der Waals surface area contributed by atoms with E-state index in [1.807, 2.05) is 0 Å². The van der Waals surface area contributed by atoms with E-state index in [1.54, 1.807) is 12.1 Å². The second-order valence-corrected chi connectivity index (χ2v) is 3.98. The molecular formula is C12H10FN3. The van der Waals surface area contributed by atoms with Gasteiger partial charge in [0.25, 0.3) is 0 Å². The summed E-state index contributed by atoms with van der Waals surface area (Å²) >= 11 is 0. The van der Waals surface area contributed by atoms with E-state index in [-0.39, 0.29) is 5.56 Å². The molecule has 3 nitrogen and oxygen atoms in total. The largest absolute Gasteiger partial charge is 0.367 e. The van der Waals surface area contributed by atoms with Gasteiger partial charge in [0.05, 0.1) is 11.6 Å². The van der Waals surface area contributed by atoms with Crippen LogP contribution in [-0.2, 0) is 0 Å². The first kappa shape index (κ1) is 10.4. The van der Waals surface area contributed by atoms with Gasteiger partial charge in [-0.1, -0.05) is 0 Å². The highest BCUT2D eigenvalue weighted by molar-refractivity contribution is 5.52. The quantitative estimate of drug-likeness (QED) is 0.824. The molecule has 1 aliphatic rings. The molecule has 1 saturated carbocycles. The smallest absolute Gasteiger partial charge is 0.143 e. The summed E-state index contributed by atoms with van der Waals surface area (Å²) in [6.07, 6.45) is 2.58. The fourth-order valence-electron chi connectivity index (χ4n) is 1.75. The lowest BCUT2D eigenvalue weighted by Gasteiger charge is -2.36. The highest BCUT2D eigenvalue weighted by Crippen LogP contribution is 2.34. The molecule has 1 aromatic carbocycles. The first-order valence-electron chi connectivity index (χ1n) is 5.08. The monoisotopic (exact) mass is 215 g/mol. The predicted molar refractivity (Wildman–Crippen MR) is 56.9 cm³/mol. The lowest BCUT2D eigenvalue weighted by Crippen LogP contribution is -2.43. The third-order valence-electron chi connectivity index (χ3n) is 2.89. The molecule has 1 fully saturated rings. The van der Waals surface area contributed by atoms with Crippen LogP contribution in [0.2, 0.25) is 0 Å². The number of hydrogen-bond acceptors (Lipinski definition) is 3. The van der Waals surface area contributed by atoms with Gasteiger partial charge in [0.15, 0.2) is 0 Å². The normalized spacial score (nSPS) is 16.7. The highest BCUT2D eigenvalue weighted by atomic mass is 19.1. The first-order valence-corrected chi connectivity index (χ1v) is 5.08. The second kappa shape index (κ2) is 3.83. The van der Waals surface area contributed by atoms with Crippen LogP contribution in [0.25, 0.3) is 0 Å². The van der Waals surface area contributed by atoms with Gasteiger partial charge in [0.2, 0.25) is 0 Å². The lowest BCUT2D eigenvalue weighted by atomic mass is 9.78. The van der Waals surface area contributed by atoms with Crippen molar-refractivity contribution in [1.29, 1.82) is 10.5 Å². The van der Waals surface area contributed by atoms with Crippen LogP contribution in [0.15, 0.2) is 18.2 Å². The summed E-state index contributed by atoms with van der Waals surface area (Å²) in [7, 11) is 0. The molecule has 0 amide bonds. The zero-order valence-corrected chi connectivity index (χ0v) is 8.63. The summed E-state index contributed by atoms with van der Waals surface area (Å²) in [5.41, 5.74) is 0.0311. The van der Waals surface area contributed by atoms with Gasteiger partial charge in [0.1, 0.15) is 17.4 Å². The van der Waals surface area contributed by atoms with Crippen molar-refractivity contribution < 1.29 is 4.39 Å². The SMILES string of the molecule is N#Cc1ccc(NC2(C#N)CCC2)cc1F. The Morgan fingerprint density at radius 2 is 2.06 bits per heavy atom. The van der Waals surface area contributed by atoms with Gasteiger partial charge in [0, 0.05) is 5.69 Å². The molecule has 0 unspecified atom stereocenters. The minimum atomic E-state index is -0.556. The summed E-state index contributed by atoms with van der Waals surface area (Å²) < 4.78 is 13.3. The molecule has 0 saturated heterocycles. The Bertz CT molecular complexity index is 492. The molecule has 0 bridgehead atoms. The first-order chi connectivity index (χ1) is 7.69. The van der Waals surface area contributed by atoms with Crippen molar-refractivity contribution in [2.45, 2.75) is 24.8 Å². The maximum atomic E-state index is 13.3. The predicted octanol–water partition coefficient (Wildman–Crippen LogP) is 2.56. The Labute approximate surface area is 93.1 Å². The number of nitrogens with zero attached hydrogens (tertiary/aromatic N) is 2. The van der Waals surface area contributed by atoms with E-state index in [2.05, 4.69) is 11.4 Å². The van der Waals surface area contributed by atoms with Crippen molar-refractivity contribution in [3.8, 4) is 12.1 Å². The fourth-order valence-corrected chi connectivity index (χ4v) is 1.75. The number of hydrogen-bond donors (Lipinski definition) is 1. The number of nitriles is 2. The van der Waals surface area contributed by atoms with Crippen molar-refractivity contribution in [3.05, 3.63) is 29.6 Å². The Hall–Kier alpha value is -2.07. The molecule has 1 aliphatic carbocycles. The maximum absolute atomic E-state index is 13.3. The zero-order valence-electron chi connectivity index (χ0n) is 8.63. The Morgan fingerprint density at radius 3 is 2.50 bits per heavy atom. The van der Waals surface area contributed by atoms with Crippen molar-refractivity contribution in [1.82, 2.24) is 0 Å². The van der Waals surface area contributed by atoms with Gasteiger partial charge in [-0.05, 0) is 37.5 Å². The molecule has 0 radical (unpaired) electrons. The van der Waals surface area contributed by atoms with Gasteiger partial charge in [-0.25, -0.2) is 4.39 Å². The average molecular weight is 215 g/mol. The van der Waals surface area contributed by atoms with Crippen LogP contribution in [-0.4, -0.2) is 5.54 Å². The molecule has 0 aromatic heterocycles. The van der Waals surface area contributed by atoms with Crippen LogP contribution in [0.4, 0.5) is 10.1 Å². The molecular weight excluding hydrogens is 205 g/mol.